The highest BCUT2D eigenvalue weighted by Gasteiger charge is 2.50. The van der Waals surface area contributed by atoms with Gasteiger partial charge in [0.15, 0.2) is 0 Å². The molecule has 10 nitrogen and oxygen atoms in total. The molecule has 0 aliphatic carbocycles. The molecule has 272 valence electrons. The fourth-order valence-electron chi connectivity index (χ4n) is 8.31. The molecule has 0 radical (unpaired) electrons. The number of hydrogen-bond acceptors (Lipinski definition) is 7. The number of phenols is 1. The third kappa shape index (κ3) is 8.75. The van der Waals surface area contributed by atoms with Crippen molar-refractivity contribution in [1.82, 2.24) is 20.5 Å². The van der Waals surface area contributed by atoms with E-state index in [4.69, 9.17) is 4.74 Å². The number of hydrogen-bond donors (Lipinski definition) is 6. The lowest BCUT2D eigenvalue weighted by molar-refractivity contribution is 0.00716. The molecule has 51 heavy (non-hydrogen) atoms. The van der Waals surface area contributed by atoms with Crippen molar-refractivity contribution in [2.45, 2.75) is 69.4 Å². The number of H-pyrrole nitrogens is 1. The first-order valence-electron chi connectivity index (χ1n) is 18.6. The number of carboxylic acid groups (broad SMARTS) is 1. The van der Waals surface area contributed by atoms with Gasteiger partial charge in [-0.2, -0.15) is 0 Å². The van der Waals surface area contributed by atoms with Crippen molar-refractivity contribution < 1.29 is 24.9 Å². The molecule has 7 rings (SSSR count). The molecule has 1 amide bonds. The number of unbranched alkanes of at least 4 members (excludes halogenated alkanes) is 6. The molecular formula is C41H52N4O6. The summed E-state index contributed by atoms with van der Waals surface area (Å²) in [4.78, 5) is 29.2. The van der Waals surface area contributed by atoms with Gasteiger partial charge in [-0.1, -0.05) is 80.6 Å². The van der Waals surface area contributed by atoms with Gasteiger partial charge in [-0.25, -0.2) is 4.79 Å². The Hall–Kier alpha value is -4.38. The van der Waals surface area contributed by atoms with Crippen molar-refractivity contribution in [3.63, 3.8) is 0 Å². The number of phenolic OH excluding ortho intramolecular Hbond substituents is 1. The van der Waals surface area contributed by atoms with E-state index in [1.807, 2.05) is 42.5 Å². The Morgan fingerprint density at radius 3 is 2.35 bits per heavy atom. The number of ether oxygens (including phenoxy) is 1. The van der Waals surface area contributed by atoms with Gasteiger partial charge in [0.2, 0.25) is 5.56 Å². The lowest BCUT2D eigenvalue weighted by Crippen LogP contribution is -2.61. The van der Waals surface area contributed by atoms with E-state index in [0.29, 0.717) is 35.5 Å². The second-order valence-corrected chi connectivity index (χ2v) is 14.2. The van der Waals surface area contributed by atoms with Crippen LogP contribution >= 0.6 is 0 Å². The lowest BCUT2D eigenvalue weighted by Gasteiger charge is -2.53. The third-order valence-corrected chi connectivity index (χ3v) is 10.9. The molecule has 3 atom stereocenters. The number of rotatable bonds is 18. The number of benzene rings is 3. The molecule has 3 aromatic carbocycles. The molecule has 0 spiro atoms. The second kappa shape index (κ2) is 17.2. The standard InChI is InChI=1S/C41H52N4O6/c46-36-18-16-33(34-17-19-38(48)43-39(34)36)37(47)27-42-22-9-4-2-1-3-5-10-25-51-32-15-11-14-31(26-32)41(44-40(49)50,30-12-7-6-8-13-30)35-28-45-23-20-29(35)21-24-45/h6-8,11-19,26,29,35,37,42,44,46-47H,1-5,9-10,20-25,27-28H2,(H,43,48)(H,49,50)/t35-,37-,41?/m0/s1. The minimum Gasteiger partial charge on any atom is -0.506 e. The van der Waals surface area contributed by atoms with Gasteiger partial charge in [-0.3, -0.25) is 4.79 Å². The normalized spacial score (nSPS) is 20.1. The van der Waals surface area contributed by atoms with Gasteiger partial charge in [0, 0.05) is 30.5 Å². The van der Waals surface area contributed by atoms with E-state index in [2.05, 4.69) is 32.7 Å². The smallest absolute Gasteiger partial charge is 0.405 e. The number of nitrogens with zero attached hydrogens (tertiary/aromatic N) is 1. The molecule has 4 aromatic rings. The number of amides is 1. The molecular weight excluding hydrogens is 644 g/mol. The van der Waals surface area contributed by atoms with Crippen LogP contribution in [-0.4, -0.2) is 70.6 Å². The largest absolute Gasteiger partial charge is 0.506 e. The molecule has 3 aliphatic rings. The summed E-state index contributed by atoms with van der Waals surface area (Å²) in [5, 5.41) is 38.0. The summed E-state index contributed by atoms with van der Waals surface area (Å²) in [7, 11) is 0. The number of piperidine rings is 3. The highest BCUT2D eigenvalue weighted by atomic mass is 16.5. The van der Waals surface area contributed by atoms with Crippen molar-refractivity contribution in [2.75, 3.05) is 39.3 Å². The Balaban J connectivity index is 0.923. The van der Waals surface area contributed by atoms with Crippen LogP contribution in [0.15, 0.2) is 83.7 Å². The molecule has 0 saturated carbocycles. The van der Waals surface area contributed by atoms with Crippen molar-refractivity contribution in [2.24, 2.45) is 11.8 Å². The van der Waals surface area contributed by atoms with Crippen molar-refractivity contribution >= 4 is 17.0 Å². The number of aromatic amines is 1. The second-order valence-electron chi connectivity index (χ2n) is 14.2. The van der Waals surface area contributed by atoms with Crippen LogP contribution in [0.2, 0.25) is 0 Å². The van der Waals surface area contributed by atoms with E-state index in [1.165, 1.54) is 12.1 Å². The summed E-state index contributed by atoms with van der Waals surface area (Å²) in [5.74, 6) is 1.33. The predicted octanol–water partition coefficient (Wildman–Crippen LogP) is 6.52. The molecule has 4 heterocycles. The summed E-state index contributed by atoms with van der Waals surface area (Å²) in [6.45, 7) is 4.85. The van der Waals surface area contributed by atoms with Gasteiger partial charge in [0.05, 0.1) is 23.8 Å². The van der Waals surface area contributed by atoms with E-state index < -0.39 is 17.7 Å². The summed E-state index contributed by atoms with van der Waals surface area (Å²) in [5.41, 5.74) is 1.76. The maximum absolute atomic E-state index is 12.4. The van der Waals surface area contributed by atoms with Crippen molar-refractivity contribution in [3.8, 4) is 11.5 Å². The summed E-state index contributed by atoms with van der Waals surface area (Å²) < 4.78 is 6.25. The first kappa shape index (κ1) is 36.4. The minimum absolute atomic E-state index is 0.0126. The average molecular weight is 697 g/mol. The summed E-state index contributed by atoms with van der Waals surface area (Å²) in [6, 6.07) is 24.3. The SMILES string of the molecule is O=C(O)NC(c1ccccc1)(c1cccc(OCCCCCCCCCNC[C@H](O)c2ccc(O)c3[nH]c(=O)ccc23)c1)[C@H]1CN2CCC1CC2. The van der Waals surface area contributed by atoms with Crippen LogP contribution in [0.25, 0.3) is 10.9 Å². The first-order valence-corrected chi connectivity index (χ1v) is 18.6. The molecule has 2 bridgehead atoms. The average Bonchev–Trinajstić information content (AvgIpc) is 3.15. The fraction of sp³-hybridized carbons (Fsp3) is 0.463. The number of nitrogens with one attached hydrogen (secondary N) is 3. The van der Waals surface area contributed by atoms with Gasteiger partial charge in [0.25, 0.3) is 0 Å². The van der Waals surface area contributed by atoms with Gasteiger partial charge in [-0.15, -0.1) is 0 Å². The quantitative estimate of drug-likeness (QED) is 0.0645. The topological polar surface area (TPSA) is 147 Å². The number of fused-ring (bicyclic) bond motifs is 4. The first-order chi connectivity index (χ1) is 24.8. The molecule has 3 fully saturated rings. The van der Waals surface area contributed by atoms with Crippen LogP contribution in [-0.2, 0) is 5.54 Å². The van der Waals surface area contributed by atoms with Crippen molar-refractivity contribution in [3.05, 3.63) is 106 Å². The Morgan fingerprint density at radius 1 is 0.902 bits per heavy atom. The van der Waals surface area contributed by atoms with E-state index >= 15 is 0 Å². The van der Waals surface area contributed by atoms with Crippen LogP contribution in [0.4, 0.5) is 4.79 Å². The highest BCUT2D eigenvalue weighted by molar-refractivity contribution is 5.87. The Morgan fingerprint density at radius 2 is 1.63 bits per heavy atom. The maximum atomic E-state index is 12.4. The van der Waals surface area contributed by atoms with E-state index in [1.54, 1.807) is 12.1 Å². The summed E-state index contributed by atoms with van der Waals surface area (Å²) in [6.07, 6.45) is 8.05. The number of aliphatic hydroxyl groups excluding tert-OH is 1. The van der Waals surface area contributed by atoms with E-state index in [-0.39, 0.29) is 17.2 Å². The Labute approximate surface area is 299 Å². The van der Waals surface area contributed by atoms with E-state index in [9.17, 15) is 24.9 Å². The van der Waals surface area contributed by atoms with Gasteiger partial charge < -0.3 is 40.6 Å². The number of pyridine rings is 1. The van der Waals surface area contributed by atoms with E-state index in [0.717, 1.165) is 101 Å². The Bertz CT molecular complexity index is 1790. The molecule has 3 saturated heterocycles. The zero-order valence-electron chi connectivity index (χ0n) is 29.4. The molecule has 3 aliphatic heterocycles. The van der Waals surface area contributed by atoms with Gasteiger partial charge in [-0.05, 0) is 92.2 Å². The fourth-order valence-corrected chi connectivity index (χ4v) is 8.31. The number of aromatic nitrogens is 1. The van der Waals surface area contributed by atoms with Crippen LogP contribution in [0.5, 0.6) is 11.5 Å². The number of aliphatic hydroxyl groups is 1. The Kier molecular flexibility index (Phi) is 12.3. The lowest BCUT2D eigenvalue weighted by atomic mass is 9.63. The van der Waals surface area contributed by atoms with Crippen LogP contribution in [0.1, 0.15) is 80.6 Å². The maximum Gasteiger partial charge on any atom is 0.405 e. The summed E-state index contributed by atoms with van der Waals surface area (Å²) >= 11 is 0. The molecule has 10 heteroatoms. The third-order valence-electron chi connectivity index (χ3n) is 10.9. The number of carbonyl (C=O) groups is 1. The molecule has 1 aromatic heterocycles. The number of aromatic hydroxyl groups is 1. The predicted molar refractivity (Wildman–Crippen MR) is 199 cm³/mol. The highest BCUT2D eigenvalue weighted by Crippen LogP contribution is 2.47. The molecule has 1 unspecified atom stereocenters. The van der Waals surface area contributed by atoms with Crippen LogP contribution in [0.3, 0.4) is 0 Å². The molecule has 6 N–H and O–H groups in total. The van der Waals surface area contributed by atoms with Crippen LogP contribution in [0, 0.1) is 11.8 Å². The zero-order chi connectivity index (χ0) is 35.6. The van der Waals surface area contributed by atoms with Crippen molar-refractivity contribution in [1.29, 1.82) is 0 Å². The zero-order valence-corrected chi connectivity index (χ0v) is 29.4. The van der Waals surface area contributed by atoms with Crippen LogP contribution < -0.4 is 20.9 Å². The minimum atomic E-state index is -1.02. The van der Waals surface area contributed by atoms with Gasteiger partial charge >= 0.3 is 6.09 Å². The van der Waals surface area contributed by atoms with Gasteiger partial charge in [0.1, 0.15) is 11.5 Å². The monoisotopic (exact) mass is 696 g/mol.